The third-order valence-corrected chi connectivity index (χ3v) is 1.72. The van der Waals surface area contributed by atoms with Crippen LogP contribution in [0.25, 0.3) is 0 Å². The van der Waals surface area contributed by atoms with Gasteiger partial charge in [-0.1, -0.05) is 6.08 Å². The van der Waals surface area contributed by atoms with Crippen LogP contribution in [0.4, 0.5) is 0 Å². The molecule has 5 heteroatoms. The van der Waals surface area contributed by atoms with Crippen molar-refractivity contribution in [2.24, 2.45) is 0 Å². The van der Waals surface area contributed by atoms with Crippen molar-refractivity contribution in [2.45, 2.75) is 31.3 Å². The molecular weight excluding hydrogens is 188 g/mol. The first-order valence-corrected chi connectivity index (χ1v) is 4.26. The molecule has 5 nitrogen and oxygen atoms in total. The predicted molar refractivity (Wildman–Crippen MR) is 49.7 cm³/mol. The number of hydrogen-bond donors (Lipinski definition) is 3. The maximum absolute atomic E-state index is 10.5. The molecule has 14 heavy (non-hydrogen) atoms. The molecule has 4 atom stereocenters. The van der Waals surface area contributed by atoms with E-state index >= 15 is 0 Å². The number of aliphatic hydroxyl groups excluding tert-OH is 3. The fourth-order valence-electron chi connectivity index (χ4n) is 0.877. The van der Waals surface area contributed by atoms with E-state index in [2.05, 4.69) is 6.58 Å². The molecule has 0 fully saturated rings. The van der Waals surface area contributed by atoms with Crippen LogP contribution in [0, 0.1) is 0 Å². The molecule has 0 saturated carbocycles. The van der Waals surface area contributed by atoms with Crippen molar-refractivity contribution in [2.75, 3.05) is 6.61 Å². The molecule has 0 spiro atoms. The number of ether oxygens (including phenoxy) is 1. The fourth-order valence-corrected chi connectivity index (χ4v) is 0.877. The second-order valence-electron chi connectivity index (χ2n) is 2.94. The smallest absolute Gasteiger partial charge is 0.151 e. The van der Waals surface area contributed by atoms with Crippen LogP contribution in [-0.2, 0) is 9.53 Å². The number of hydrogen-bond acceptors (Lipinski definition) is 5. The van der Waals surface area contributed by atoms with Gasteiger partial charge in [-0.15, -0.1) is 6.58 Å². The van der Waals surface area contributed by atoms with Crippen molar-refractivity contribution in [3.8, 4) is 0 Å². The summed E-state index contributed by atoms with van der Waals surface area (Å²) in [5, 5.41) is 27.6. The zero-order valence-corrected chi connectivity index (χ0v) is 8.04. The van der Waals surface area contributed by atoms with Gasteiger partial charge in [0.15, 0.2) is 6.29 Å². The van der Waals surface area contributed by atoms with E-state index in [0.717, 1.165) is 0 Å². The van der Waals surface area contributed by atoms with Crippen molar-refractivity contribution < 1.29 is 24.9 Å². The Morgan fingerprint density at radius 2 is 1.93 bits per heavy atom. The van der Waals surface area contributed by atoms with Gasteiger partial charge in [0.25, 0.3) is 0 Å². The first-order valence-electron chi connectivity index (χ1n) is 4.26. The lowest BCUT2D eigenvalue weighted by Crippen LogP contribution is -2.45. The lowest BCUT2D eigenvalue weighted by molar-refractivity contribution is -0.139. The molecule has 0 aromatic carbocycles. The molecule has 0 amide bonds. The average Bonchev–Trinajstić information content (AvgIpc) is 2.17. The highest BCUT2D eigenvalue weighted by atomic mass is 16.5. The third kappa shape index (κ3) is 3.97. The van der Waals surface area contributed by atoms with Gasteiger partial charge in [0, 0.05) is 0 Å². The SMILES string of the molecule is C=CCO[C@H](C=O)[C@@H](O)[C@H](O)[C@@H](C)O. The minimum Gasteiger partial charge on any atom is -0.391 e. The van der Waals surface area contributed by atoms with Gasteiger partial charge in [-0.05, 0) is 6.92 Å². The van der Waals surface area contributed by atoms with Crippen LogP contribution >= 0.6 is 0 Å². The van der Waals surface area contributed by atoms with Crippen LogP contribution in [0.1, 0.15) is 6.92 Å². The van der Waals surface area contributed by atoms with E-state index in [-0.39, 0.29) is 6.61 Å². The molecule has 0 rings (SSSR count). The van der Waals surface area contributed by atoms with Gasteiger partial charge in [-0.3, -0.25) is 0 Å². The summed E-state index contributed by atoms with van der Waals surface area (Å²) >= 11 is 0. The normalized spacial score (nSPS) is 19.4. The summed E-state index contributed by atoms with van der Waals surface area (Å²) < 4.78 is 4.87. The lowest BCUT2D eigenvalue weighted by Gasteiger charge is -2.24. The number of carbonyl (C=O) groups is 1. The van der Waals surface area contributed by atoms with Crippen LogP contribution in [0.3, 0.4) is 0 Å². The van der Waals surface area contributed by atoms with Crippen LogP contribution in [-0.4, -0.2) is 52.6 Å². The van der Waals surface area contributed by atoms with Crippen molar-refractivity contribution in [3.63, 3.8) is 0 Å². The molecule has 0 radical (unpaired) electrons. The van der Waals surface area contributed by atoms with E-state index in [1.807, 2.05) is 0 Å². The number of aliphatic hydroxyl groups is 3. The van der Waals surface area contributed by atoms with E-state index in [9.17, 15) is 15.0 Å². The Morgan fingerprint density at radius 1 is 1.36 bits per heavy atom. The highest BCUT2D eigenvalue weighted by Gasteiger charge is 2.29. The summed E-state index contributed by atoms with van der Waals surface area (Å²) in [5.74, 6) is 0. The minimum atomic E-state index is -1.44. The Balaban J connectivity index is 4.21. The largest absolute Gasteiger partial charge is 0.391 e. The molecule has 0 heterocycles. The van der Waals surface area contributed by atoms with Crippen molar-refractivity contribution >= 4 is 6.29 Å². The standard InChI is InChI=1S/C9H16O5/c1-3-4-14-7(5-10)9(13)8(12)6(2)11/h3,5-9,11-13H,1,4H2,2H3/t6-,7-,8-,9-/m1/s1. The summed E-state index contributed by atoms with van der Waals surface area (Å²) in [6, 6.07) is 0. The molecule has 0 aliphatic carbocycles. The Bertz CT molecular complexity index is 180. The summed E-state index contributed by atoms with van der Waals surface area (Å²) in [4.78, 5) is 10.5. The summed E-state index contributed by atoms with van der Waals surface area (Å²) in [7, 11) is 0. The first kappa shape index (κ1) is 13.2. The highest BCUT2D eigenvalue weighted by molar-refractivity contribution is 5.57. The molecule has 0 aliphatic rings. The first-order chi connectivity index (χ1) is 6.54. The van der Waals surface area contributed by atoms with E-state index < -0.39 is 24.4 Å². The zero-order valence-electron chi connectivity index (χ0n) is 8.04. The predicted octanol–water partition coefficient (Wildman–Crippen LogP) is -1.14. The van der Waals surface area contributed by atoms with E-state index in [0.29, 0.717) is 6.29 Å². The van der Waals surface area contributed by atoms with Gasteiger partial charge in [0.05, 0.1) is 12.7 Å². The van der Waals surface area contributed by atoms with Crippen molar-refractivity contribution in [3.05, 3.63) is 12.7 Å². The van der Waals surface area contributed by atoms with Crippen molar-refractivity contribution in [1.82, 2.24) is 0 Å². The molecule has 0 saturated heterocycles. The maximum atomic E-state index is 10.5. The van der Waals surface area contributed by atoms with Crippen LogP contribution in [0.5, 0.6) is 0 Å². The molecule has 0 aromatic heterocycles. The van der Waals surface area contributed by atoms with Crippen LogP contribution < -0.4 is 0 Å². The molecule has 0 aromatic rings. The van der Waals surface area contributed by atoms with E-state index in [1.54, 1.807) is 0 Å². The van der Waals surface area contributed by atoms with Gasteiger partial charge >= 0.3 is 0 Å². The highest BCUT2D eigenvalue weighted by Crippen LogP contribution is 2.06. The van der Waals surface area contributed by atoms with Gasteiger partial charge in [-0.2, -0.15) is 0 Å². The molecule has 0 unspecified atom stereocenters. The fraction of sp³-hybridized carbons (Fsp3) is 0.667. The monoisotopic (exact) mass is 204 g/mol. The summed E-state index contributed by atoms with van der Waals surface area (Å²) in [5.41, 5.74) is 0. The number of aldehydes is 1. The molecule has 3 N–H and O–H groups in total. The number of carbonyl (C=O) groups excluding carboxylic acids is 1. The molecule has 82 valence electrons. The van der Waals surface area contributed by atoms with Crippen molar-refractivity contribution in [1.29, 1.82) is 0 Å². The summed E-state index contributed by atoms with van der Waals surface area (Å²) in [6.45, 7) is 4.77. The second-order valence-corrected chi connectivity index (χ2v) is 2.94. The van der Waals surface area contributed by atoms with Gasteiger partial charge in [0.2, 0.25) is 0 Å². The lowest BCUT2D eigenvalue weighted by atomic mass is 10.1. The third-order valence-electron chi connectivity index (χ3n) is 1.72. The minimum absolute atomic E-state index is 0.0903. The van der Waals surface area contributed by atoms with Gasteiger partial charge in [-0.25, -0.2) is 0 Å². The van der Waals surface area contributed by atoms with E-state index in [1.165, 1.54) is 13.0 Å². The van der Waals surface area contributed by atoms with Gasteiger partial charge in [0.1, 0.15) is 18.3 Å². The van der Waals surface area contributed by atoms with Crippen LogP contribution in [0.15, 0.2) is 12.7 Å². The van der Waals surface area contributed by atoms with Gasteiger partial charge < -0.3 is 24.9 Å². The molecule has 0 bridgehead atoms. The number of rotatable bonds is 7. The second kappa shape index (κ2) is 6.67. The molecule has 0 aliphatic heterocycles. The molecular formula is C9H16O5. The van der Waals surface area contributed by atoms with E-state index in [4.69, 9.17) is 9.84 Å². The Hall–Kier alpha value is -0.750. The summed E-state index contributed by atoms with van der Waals surface area (Å²) in [6.07, 6.45) is -3.34. The Labute approximate surface area is 82.6 Å². The zero-order chi connectivity index (χ0) is 11.1. The Morgan fingerprint density at radius 3 is 2.29 bits per heavy atom. The Kier molecular flexibility index (Phi) is 6.31. The topological polar surface area (TPSA) is 87.0 Å². The average molecular weight is 204 g/mol. The quantitative estimate of drug-likeness (QED) is 0.360. The van der Waals surface area contributed by atoms with Crippen LogP contribution in [0.2, 0.25) is 0 Å². The maximum Gasteiger partial charge on any atom is 0.151 e.